The molecule has 2 N–H and O–H groups in total. The molecule has 0 saturated heterocycles. The number of hydrogen-bond donors (Lipinski definition) is 2. The number of hydrogen-bond acceptors (Lipinski definition) is 3. The van der Waals surface area contributed by atoms with Crippen molar-refractivity contribution >= 4 is 27.6 Å². The Morgan fingerprint density at radius 3 is 2.44 bits per heavy atom. The Labute approximate surface area is 177 Å². The van der Waals surface area contributed by atoms with Crippen LogP contribution in [0.15, 0.2) is 35.1 Å². The normalized spacial score (nSPS) is 15.8. The van der Waals surface area contributed by atoms with Crippen LogP contribution in [0.3, 0.4) is 0 Å². The number of amides is 1. The van der Waals surface area contributed by atoms with Gasteiger partial charge in [-0.1, -0.05) is 0 Å². The van der Waals surface area contributed by atoms with Gasteiger partial charge in [-0.2, -0.15) is 0 Å². The largest absolute Gasteiger partial charge is 0.373 e. The van der Waals surface area contributed by atoms with E-state index in [2.05, 4.69) is 9.97 Å². The van der Waals surface area contributed by atoms with Crippen molar-refractivity contribution in [3.8, 4) is 0 Å². The maximum atomic E-state index is 14.1. The molecule has 0 bridgehead atoms. The van der Waals surface area contributed by atoms with Crippen molar-refractivity contribution in [3.63, 3.8) is 0 Å². The molecule has 1 atom stereocenters. The Bertz CT molecular complexity index is 1480. The number of nitrogens with zero attached hydrogens (tertiary/aromatic N) is 1. The van der Waals surface area contributed by atoms with Gasteiger partial charge in [-0.25, -0.2) is 17.6 Å². The number of H-pyrrole nitrogens is 2. The molecule has 164 valence electrons. The van der Waals surface area contributed by atoms with Gasteiger partial charge in [0, 0.05) is 29.8 Å². The molecule has 0 radical (unpaired) electrons. The summed E-state index contributed by atoms with van der Waals surface area (Å²) in [7, 11) is 1.46. The Morgan fingerprint density at radius 2 is 1.69 bits per heavy atom. The van der Waals surface area contributed by atoms with Gasteiger partial charge >= 0.3 is 0 Å². The molecule has 2 aromatic heterocycles. The van der Waals surface area contributed by atoms with Crippen molar-refractivity contribution in [2.24, 2.45) is 0 Å². The number of ether oxygens (including phenoxy) is 1. The van der Waals surface area contributed by atoms with Gasteiger partial charge in [0.1, 0.15) is 17.3 Å². The lowest BCUT2D eigenvalue weighted by Gasteiger charge is -2.33. The molecule has 32 heavy (non-hydrogen) atoms. The van der Waals surface area contributed by atoms with E-state index in [9.17, 15) is 27.2 Å². The quantitative estimate of drug-likeness (QED) is 0.460. The van der Waals surface area contributed by atoms with E-state index in [0.29, 0.717) is 11.3 Å². The third kappa shape index (κ3) is 3.06. The number of halogens is 4. The summed E-state index contributed by atoms with van der Waals surface area (Å²) in [6.45, 7) is 0.0491. The van der Waals surface area contributed by atoms with Gasteiger partial charge in [0.05, 0.1) is 30.2 Å². The SMILES string of the molecule is CN(C(=O)c1cc2c(F)cc(F)cc2[nH]1)[C@H]1COCc2[nH]c(=O)c3cc(F)c(F)cc3c21. The first-order chi connectivity index (χ1) is 15.2. The molecular formula is C22H15F4N3O3. The number of aromatic nitrogens is 2. The highest BCUT2D eigenvalue weighted by atomic mass is 19.2. The van der Waals surface area contributed by atoms with Gasteiger partial charge in [0.2, 0.25) is 0 Å². The number of likely N-dealkylation sites (N-methyl/N-ethyl adjacent to an activating group) is 1. The molecule has 3 heterocycles. The monoisotopic (exact) mass is 445 g/mol. The second-order valence-electron chi connectivity index (χ2n) is 7.64. The minimum atomic E-state index is -1.16. The summed E-state index contributed by atoms with van der Waals surface area (Å²) in [5, 5.41) is 0.162. The fraction of sp³-hybridized carbons (Fsp3) is 0.182. The molecule has 1 amide bonds. The van der Waals surface area contributed by atoms with E-state index in [1.807, 2.05) is 0 Å². The minimum Gasteiger partial charge on any atom is -0.373 e. The third-order valence-electron chi connectivity index (χ3n) is 5.71. The molecule has 2 aromatic carbocycles. The predicted octanol–water partition coefficient (Wildman–Crippen LogP) is 3.91. The zero-order valence-corrected chi connectivity index (χ0v) is 16.6. The van der Waals surface area contributed by atoms with E-state index >= 15 is 0 Å². The molecule has 5 rings (SSSR count). The summed E-state index contributed by atoms with van der Waals surface area (Å²) in [4.78, 5) is 32.1. The minimum absolute atomic E-state index is 0.00470. The fourth-order valence-corrected chi connectivity index (χ4v) is 4.15. The van der Waals surface area contributed by atoms with Crippen LogP contribution in [0.1, 0.15) is 27.8 Å². The number of pyridine rings is 1. The summed E-state index contributed by atoms with van der Waals surface area (Å²) in [5.74, 6) is -4.46. The van der Waals surface area contributed by atoms with Crippen LogP contribution in [-0.4, -0.2) is 34.4 Å². The molecule has 6 nitrogen and oxygen atoms in total. The van der Waals surface area contributed by atoms with Gasteiger partial charge in [-0.3, -0.25) is 9.59 Å². The van der Waals surface area contributed by atoms with Crippen molar-refractivity contribution in [3.05, 3.63) is 80.9 Å². The second-order valence-corrected chi connectivity index (χ2v) is 7.64. The van der Waals surface area contributed by atoms with Crippen molar-refractivity contribution in [1.29, 1.82) is 0 Å². The van der Waals surface area contributed by atoms with E-state index in [-0.39, 0.29) is 40.6 Å². The maximum Gasteiger partial charge on any atom is 0.270 e. The van der Waals surface area contributed by atoms with Crippen LogP contribution in [0.2, 0.25) is 0 Å². The lowest BCUT2D eigenvalue weighted by atomic mass is 9.95. The topological polar surface area (TPSA) is 78.2 Å². The number of aromatic amines is 2. The molecular weight excluding hydrogens is 430 g/mol. The molecule has 0 unspecified atom stereocenters. The van der Waals surface area contributed by atoms with Gasteiger partial charge in [0.25, 0.3) is 11.5 Å². The van der Waals surface area contributed by atoms with Crippen LogP contribution < -0.4 is 5.56 Å². The molecule has 10 heteroatoms. The molecule has 4 aromatic rings. The van der Waals surface area contributed by atoms with Gasteiger partial charge < -0.3 is 19.6 Å². The smallest absolute Gasteiger partial charge is 0.270 e. The van der Waals surface area contributed by atoms with Crippen molar-refractivity contribution in [2.75, 3.05) is 13.7 Å². The van der Waals surface area contributed by atoms with E-state index in [4.69, 9.17) is 4.74 Å². The Balaban J connectivity index is 1.62. The molecule has 0 saturated carbocycles. The summed E-state index contributed by atoms with van der Waals surface area (Å²) >= 11 is 0. The van der Waals surface area contributed by atoms with Crippen LogP contribution in [0.5, 0.6) is 0 Å². The van der Waals surface area contributed by atoms with E-state index < -0.39 is 40.8 Å². The Kier molecular flexibility index (Phi) is 4.55. The number of nitrogens with one attached hydrogen (secondary N) is 2. The zero-order valence-electron chi connectivity index (χ0n) is 16.6. The summed E-state index contributed by atoms with van der Waals surface area (Å²) < 4.78 is 60.8. The second kappa shape index (κ2) is 7.20. The number of benzene rings is 2. The number of fused-ring (bicyclic) bond motifs is 4. The zero-order chi connectivity index (χ0) is 22.7. The van der Waals surface area contributed by atoms with Crippen LogP contribution in [-0.2, 0) is 11.3 Å². The Morgan fingerprint density at radius 1 is 0.969 bits per heavy atom. The number of carbonyl (C=O) groups is 1. The lowest BCUT2D eigenvalue weighted by Crippen LogP contribution is -2.37. The van der Waals surface area contributed by atoms with Gasteiger partial charge in [-0.15, -0.1) is 0 Å². The van der Waals surface area contributed by atoms with Crippen LogP contribution in [0, 0.1) is 23.3 Å². The first-order valence-electron chi connectivity index (χ1n) is 9.61. The molecule has 0 aliphatic carbocycles. The van der Waals surface area contributed by atoms with Gasteiger partial charge in [-0.05, 0) is 29.7 Å². The number of carbonyl (C=O) groups excluding carboxylic acids is 1. The van der Waals surface area contributed by atoms with Crippen LogP contribution in [0.4, 0.5) is 17.6 Å². The third-order valence-corrected chi connectivity index (χ3v) is 5.71. The maximum absolute atomic E-state index is 14.1. The summed E-state index contributed by atoms with van der Waals surface area (Å²) in [5.41, 5.74) is 0.282. The molecule has 1 aliphatic heterocycles. The fourth-order valence-electron chi connectivity index (χ4n) is 4.15. The summed E-state index contributed by atoms with van der Waals surface area (Å²) in [6, 6.07) is 4.04. The molecule has 0 spiro atoms. The highest BCUT2D eigenvalue weighted by Crippen LogP contribution is 2.34. The van der Waals surface area contributed by atoms with Gasteiger partial charge in [0.15, 0.2) is 11.6 Å². The highest BCUT2D eigenvalue weighted by Gasteiger charge is 2.32. The van der Waals surface area contributed by atoms with E-state index in [0.717, 1.165) is 24.3 Å². The average molecular weight is 445 g/mol. The van der Waals surface area contributed by atoms with Crippen molar-refractivity contribution in [1.82, 2.24) is 14.9 Å². The highest BCUT2D eigenvalue weighted by molar-refractivity contribution is 5.98. The van der Waals surface area contributed by atoms with Crippen molar-refractivity contribution < 1.29 is 27.1 Å². The predicted molar refractivity (Wildman–Crippen MR) is 107 cm³/mol. The Hall–Kier alpha value is -3.66. The molecule has 0 fully saturated rings. The average Bonchev–Trinajstić information content (AvgIpc) is 3.18. The number of rotatable bonds is 2. The lowest BCUT2D eigenvalue weighted by molar-refractivity contribution is 0.0333. The van der Waals surface area contributed by atoms with Crippen LogP contribution in [0.25, 0.3) is 21.7 Å². The van der Waals surface area contributed by atoms with Crippen LogP contribution >= 0.6 is 0 Å². The first kappa shape index (κ1) is 20.3. The molecule has 1 aliphatic rings. The van der Waals surface area contributed by atoms with Crippen molar-refractivity contribution in [2.45, 2.75) is 12.6 Å². The van der Waals surface area contributed by atoms with E-state index in [1.165, 1.54) is 18.0 Å². The summed E-state index contributed by atoms with van der Waals surface area (Å²) in [6.07, 6.45) is 0. The standard InChI is InChI=1S/C22H15F4N3O3/c1-29(22(31)17-6-12-13(24)2-9(23)3-16(12)27-17)19-8-32-7-18-20(19)10-4-14(25)15(26)5-11(10)21(30)28-18/h2-6,19,27H,7-8H2,1H3,(H,28,30)/t19-/m0/s1. The first-order valence-corrected chi connectivity index (χ1v) is 9.61. The van der Waals surface area contributed by atoms with E-state index in [1.54, 1.807) is 0 Å².